The van der Waals surface area contributed by atoms with E-state index in [1.165, 1.54) is 0 Å². The molecule has 1 aromatic carbocycles. The van der Waals surface area contributed by atoms with Crippen molar-refractivity contribution in [3.8, 4) is 0 Å². The summed E-state index contributed by atoms with van der Waals surface area (Å²) < 4.78 is 5.47. The van der Waals surface area contributed by atoms with Gasteiger partial charge in [-0.1, -0.05) is 17.7 Å². The molecule has 1 amide bonds. The molecule has 2 rings (SSSR count). The second-order valence-corrected chi connectivity index (χ2v) is 5.20. The number of amides is 1. The summed E-state index contributed by atoms with van der Waals surface area (Å²) in [6.07, 6.45) is 2.35. The SMILES string of the molecule is Cc1ccc(C(=O)NNC(=S)NC[C@H]2CCCO2)cc1. The number of ether oxygens (including phenoxy) is 1. The average Bonchev–Trinajstić information content (AvgIpc) is 2.96. The van der Waals surface area contributed by atoms with Crippen LogP contribution in [0.2, 0.25) is 0 Å². The van der Waals surface area contributed by atoms with Crippen LogP contribution in [0.15, 0.2) is 24.3 Å². The number of rotatable bonds is 3. The molecule has 3 N–H and O–H groups in total. The molecule has 6 heteroatoms. The zero-order valence-corrected chi connectivity index (χ0v) is 12.3. The molecule has 1 fully saturated rings. The number of hydrogen-bond donors (Lipinski definition) is 3. The first-order valence-corrected chi connectivity index (χ1v) is 7.08. The van der Waals surface area contributed by atoms with Crippen LogP contribution in [0.4, 0.5) is 0 Å². The van der Waals surface area contributed by atoms with Crippen molar-refractivity contribution >= 4 is 23.2 Å². The van der Waals surface area contributed by atoms with Gasteiger partial charge in [0.2, 0.25) is 0 Å². The highest BCUT2D eigenvalue weighted by atomic mass is 32.1. The summed E-state index contributed by atoms with van der Waals surface area (Å²) in [5.74, 6) is -0.216. The summed E-state index contributed by atoms with van der Waals surface area (Å²) in [4.78, 5) is 11.8. The molecular formula is C14H19N3O2S. The molecule has 0 unspecified atom stereocenters. The average molecular weight is 293 g/mol. The normalized spacial score (nSPS) is 17.6. The van der Waals surface area contributed by atoms with Gasteiger partial charge in [0.1, 0.15) is 0 Å². The first-order valence-electron chi connectivity index (χ1n) is 6.67. The van der Waals surface area contributed by atoms with Crippen LogP contribution in [0.5, 0.6) is 0 Å². The Bertz CT molecular complexity index is 470. The molecule has 5 nitrogen and oxygen atoms in total. The highest BCUT2D eigenvalue weighted by Crippen LogP contribution is 2.10. The van der Waals surface area contributed by atoms with Gasteiger partial charge in [-0.3, -0.25) is 15.6 Å². The van der Waals surface area contributed by atoms with Crippen LogP contribution >= 0.6 is 12.2 Å². The van der Waals surface area contributed by atoms with Gasteiger partial charge >= 0.3 is 0 Å². The summed E-state index contributed by atoms with van der Waals surface area (Å²) in [5.41, 5.74) is 6.95. The molecule has 20 heavy (non-hydrogen) atoms. The van der Waals surface area contributed by atoms with E-state index in [1.54, 1.807) is 12.1 Å². The number of carbonyl (C=O) groups excluding carboxylic acids is 1. The molecule has 0 aromatic heterocycles. The lowest BCUT2D eigenvalue weighted by Gasteiger charge is -2.14. The molecule has 1 aliphatic heterocycles. The van der Waals surface area contributed by atoms with Crippen molar-refractivity contribution in [1.82, 2.24) is 16.2 Å². The van der Waals surface area contributed by atoms with Gasteiger partial charge in [-0.15, -0.1) is 0 Å². The Morgan fingerprint density at radius 2 is 2.10 bits per heavy atom. The van der Waals surface area contributed by atoms with Crippen LogP contribution in [-0.2, 0) is 4.74 Å². The minimum absolute atomic E-state index is 0.211. The fraction of sp³-hybridized carbons (Fsp3) is 0.429. The molecule has 0 radical (unpaired) electrons. The van der Waals surface area contributed by atoms with E-state index in [-0.39, 0.29) is 12.0 Å². The van der Waals surface area contributed by atoms with Gasteiger partial charge in [0.05, 0.1) is 6.10 Å². The lowest BCUT2D eigenvalue weighted by atomic mass is 10.1. The number of carbonyl (C=O) groups is 1. The molecule has 1 aliphatic rings. The second-order valence-electron chi connectivity index (χ2n) is 4.79. The monoisotopic (exact) mass is 293 g/mol. The van der Waals surface area contributed by atoms with Crippen molar-refractivity contribution < 1.29 is 9.53 Å². The Labute approximate surface area is 124 Å². The molecule has 0 aliphatic carbocycles. The minimum atomic E-state index is -0.216. The zero-order valence-electron chi connectivity index (χ0n) is 11.4. The van der Waals surface area contributed by atoms with Crippen LogP contribution in [0.25, 0.3) is 0 Å². The highest BCUT2D eigenvalue weighted by Gasteiger charge is 2.15. The van der Waals surface area contributed by atoms with Crippen molar-refractivity contribution in [3.05, 3.63) is 35.4 Å². The number of nitrogens with one attached hydrogen (secondary N) is 3. The van der Waals surface area contributed by atoms with Gasteiger partial charge in [-0.25, -0.2) is 0 Å². The van der Waals surface area contributed by atoms with Crippen LogP contribution < -0.4 is 16.2 Å². The van der Waals surface area contributed by atoms with Gasteiger partial charge in [-0.05, 0) is 44.1 Å². The van der Waals surface area contributed by atoms with Crippen molar-refractivity contribution in [2.24, 2.45) is 0 Å². The quantitative estimate of drug-likeness (QED) is 0.579. The van der Waals surface area contributed by atoms with Crippen molar-refractivity contribution in [3.63, 3.8) is 0 Å². The van der Waals surface area contributed by atoms with E-state index in [1.807, 2.05) is 19.1 Å². The number of benzene rings is 1. The fourth-order valence-corrected chi connectivity index (χ4v) is 2.08. The Kier molecular flexibility index (Phi) is 5.31. The third-order valence-electron chi connectivity index (χ3n) is 3.12. The largest absolute Gasteiger partial charge is 0.376 e. The number of aryl methyl sites for hydroxylation is 1. The van der Waals surface area contributed by atoms with Crippen LogP contribution in [0.1, 0.15) is 28.8 Å². The lowest BCUT2D eigenvalue weighted by molar-refractivity contribution is 0.0943. The third kappa shape index (κ3) is 4.47. The van der Waals surface area contributed by atoms with Crippen molar-refractivity contribution in [1.29, 1.82) is 0 Å². The van der Waals surface area contributed by atoms with Gasteiger partial charge in [0, 0.05) is 18.7 Å². The van der Waals surface area contributed by atoms with Gasteiger partial charge in [0.15, 0.2) is 5.11 Å². The van der Waals surface area contributed by atoms with E-state index in [2.05, 4.69) is 16.2 Å². The number of thiocarbonyl (C=S) groups is 1. The fourth-order valence-electron chi connectivity index (χ4n) is 1.95. The maximum Gasteiger partial charge on any atom is 0.269 e. The molecule has 108 valence electrons. The molecule has 0 spiro atoms. The predicted octanol–water partition coefficient (Wildman–Crippen LogP) is 1.28. The summed E-state index contributed by atoms with van der Waals surface area (Å²) in [5, 5.41) is 3.41. The third-order valence-corrected chi connectivity index (χ3v) is 3.36. The van der Waals surface area contributed by atoms with E-state index < -0.39 is 0 Å². The summed E-state index contributed by atoms with van der Waals surface area (Å²) in [7, 11) is 0. The number of hydrogen-bond acceptors (Lipinski definition) is 3. The van der Waals surface area contributed by atoms with Gasteiger partial charge in [-0.2, -0.15) is 0 Å². The van der Waals surface area contributed by atoms with Crippen molar-refractivity contribution in [2.75, 3.05) is 13.2 Å². The van der Waals surface area contributed by atoms with Crippen molar-refractivity contribution in [2.45, 2.75) is 25.9 Å². The van der Waals surface area contributed by atoms with Crippen LogP contribution in [0.3, 0.4) is 0 Å². The maximum absolute atomic E-state index is 11.8. The lowest BCUT2D eigenvalue weighted by Crippen LogP contribution is -2.48. The van der Waals surface area contributed by atoms with Gasteiger partial charge < -0.3 is 10.1 Å². The second kappa shape index (κ2) is 7.21. The molecule has 1 aromatic rings. The first-order chi connectivity index (χ1) is 9.65. The summed E-state index contributed by atoms with van der Waals surface area (Å²) in [6, 6.07) is 7.33. The highest BCUT2D eigenvalue weighted by molar-refractivity contribution is 7.80. The molecule has 1 heterocycles. The molecule has 1 saturated heterocycles. The molecule has 0 bridgehead atoms. The van der Waals surface area contributed by atoms with Crippen LogP contribution in [0, 0.1) is 6.92 Å². The zero-order chi connectivity index (χ0) is 14.4. The first kappa shape index (κ1) is 14.7. The molecule has 1 atom stereocenters. The smallest absolute Gasteiger partial charge is 0.269 e. The standard InChI is InChI=1S/C14H19N3O2S/c1-10-4-6-11(7-5-10)13(18)16-17-14(20)15-9-12-3-2-8-19-12/h4-7,12H,2-3,8-9H2,1H3,(H,16,18)(H2,15,17,20)/t12-/m1/s1. The maximum atomic E-state index is 11.8. The van der Waals surface area contributed by atoms with Crippen LogP contribution in [-0.4, -0.2) is 30.3 Å². The molecular weight excluding hydrogens is 274 g/mol. The van der Waals surface area contributed by atoms with Gasteiger partial charge in [0.25, 0.3) is 5.91 Å². The Balaban J connectivity index is 1.69. The van der Waals surface area contributed by atoms with E-state index in [0.29, 0.717) is 17.2 Å². The topological polar surface area (TPSA) is 62.4 Å². The predicted molar refractivity (Wildman–Crippen MR) is 81.4 cm³/mol. The van der Waals surface area contributed by atoms with E-state index >= 15 is 0 Å². The summed E-state index contributed by atoms with van der Waals surface area (Å²) >= 11 is 5.09. The van der Waals surface area contributed by atoms with E-state index in [0.717, 1.165) is 25.0 Å². The Morgan fingerprint density at radius 3 is 2.75 bits per heavy atom. The minimum Gasteiger partial charge on any atom is -0.376 e. The molecule has 0 saturated carbocycles. The Hall–Kier alpha value is -1.66. The van der Waals surface area contributed by atoms with E-state index in [9.17, 15) is 4.79 Å². The Morgan fingerprint density at radius 1 is 1.35 bits per heavy atom. The van der Waals surface area contributed by atoms with E-state index in [4.69, 9.17) is 17.0 Å². The summed E-state index contributed by atoms with van der Waals surface area (Å²) in [6.45, 7) is 3.45. The number of hydrazine groups is 1.